The van der Waals surface area contributed by atoms with E-state index in [1.54, 1.807) is 0 Å². The average molecular weight is 293 g/mol. The predicted molar refractivity (Wildman–Crippen MR) is 76.9 cm³/mol. The molecule has 19 heavy (non-hydrogen) atoms. The van der Waals surface area contributed by atoms with Gasteiger partial charge in [0.15, 0.2) is 9.84 Å². The van der Waals surface area contributed by atoms with Gasteiger partial charge in [0.05, 0.1) is 24.5 Å². The number of rotatable bonds is 10. The van der Waals surface area contributed by atoms with E-state index in [4.69, 9.17) is 0 Å². The van der Waals surface area contributed by atoms with E-state index in [0.29, 0.717) is 6.42 Å². The van der Waals surface area contributed by atoms with Gasteiger partial charge >= 0.3 is 5.97 Å². The molecule has 0 saturated carbocycles. The van der Waals surface area contributed by atoms with Gasteiger partial charge in [-0.3, -0.25) is 4.79 Å². The molecular weight excluding hydrogens is 266 g/mol. The van der Waals surface area contributed by atoms with Crippen LogP contribution in [0.1, 0.15) is 46.5 Å². The van der Waals surface area contributed by atoms with E-state index in [-0.39, 0.29) is 18.2 Å². The van der Waals surface area contributed by atoms with Crippen molar-refractivity contribution >= 4 is 15.8 Å². The molecule has 0 rings (SSSR count). The van der Waals surface area contributed by atoms with Gasteiger partial charge in [-0.15, -0.1) is 0 Å². The smallest absolute Gasteiger partial charge is 0.306 e. The standard InChI is InChI=1S/C13H27NO4S/c1-5-8-11(14-7-3)12(6-2)19(16,17)10-9-13(15)18-4/h11-12,14H,5-10H2,1-4H3. The third kappa shape index (κ3) is 6.38. The van der Waals surface area contributed by atoms with Crippen molar-refractivity contribution in [2.45, 2.75) is 57.7 Å². The Morgan fingerprint density at radius 2 is 1.89 bits per heavy atom. The fourth-order valence-electron chi connectivity index (χ4n) is 2.26. The summed E-state index contributed by atoms with van der Waals surface area (Å²) in [6.07, 6.45) is 2.24. The van der Waals surface area contributed by atoms with Crippen molar-refractivity contribution in [3.05, 3.63) is 0 Å². The molecule has 0 bridgehead atoms. The molecule has 0 aromatic carbocycles. The van der Waals surface area contributed by atoms with Crippen molar-refractivity contribution < 1.29 is 17.9 Å². The average Bonchev–Trinajstić information content (AvgIpc) is 2.37. The van der Waals surface area contributed by atoms with Crippen LogP contribution in [0.4, 0.5) is 0 Å². The summed E-state index contributed by atoms with van der Waals surface area (Å²) in [7, 11) is -2.02. The Kier molecular flexibility index (Phi) is 9.01. The van der Waals surface area contributed by atoms with Crippen molar-refractivity contribution in [2.75, 3.05) is 19.4 Å². The molecule has 0 aromatic rings. The minimum Gasteiger partial charge on any atom is -0.469 e. The van der Waals surface area contributed by atoms with Gasteiger partial charge in [-0.05, 0) is 19.4 Å². The zero-order valence-electron chi connectivity index (χ0n) is 12.4. The van der Waals surface area contributed by atoms with Crippen molar-refractivity contribution in [3.63, 3.8) is 0 Å². The van der Waals surface area contributed by atoms with E-state index in [9.17, 15) is 13.2 Å². The summed E-state index contributed by atoms with van der Waals surface area (Å²) in [6.45, 7) is 6.63. The van der Waals surface area contributed by atoms with Gasteiger partial charge in [0.1, 0.15) is 0 Å². The SMILES string of the molecule is CCCC(NCC)C(CC)S(=O)(=O)CCC(=O)OC. The third-order valence-electron chi connectivity index (χ3n) is 3.20. The monoisotopic (exact) mass is 293 g/mol. The van der Waals surface area contributed by atoms with Gasteiger partial charge in [0.2, 0.25) is 0 Å². The Labute approximate surface area is 117 Å². The highest BCUT2D eigenvalue weighted by Gasteiger charge is 2.31. The summed E-state index contributed by atoms with van der Waals surface area (Å²) in [5.41, 5.74) is 0. The quantitative estimate of drug-likeness (QED) is 0.618. The molecule has 114 valence electrons. The van der Waals surface area contributed by atoms with Gasteiger partial charge in [0, 0.05) is 6.04 Å². The van der Waals surface area contributed by atoms with Crippen LogP contribution in [0.15, 0.2) is 0 Å². The fourth-order valence-corrected chi connectivity index (χ4v) is 4.26. The number of ether oxygens (including phenoxy) is 1. The molecule has 5 nitrogen and oxygen atoms in total. The van der Waals surface area contributed by atoms with Crippen LogP contribution in [0.5, 0.6) is 0 Å². The zero-order valence-corrected chi connectivity index (χ0v) is 13.3. The molecule has 0 fully saturated rings. The van der Waals surface area contributed by atoms with Crippen LogP contribution in [0.2, 0.25) is 0 Å². The summed E-state index contributed by atoms with van der Waals surface area (Å²) in [6, 6.07) is -0.0392. The number of carbonyl (C=O) groups excluding carboxylic acids is 1. The second-order valence-electron chi connectivity index (χ2n) is 4.59. The maximum absolute atomic E-state index is 12.3. The maximum Gasteiger partial charge on any atom is 0.306 e. The Morgan fingerprint density at radius 3 is 2.32 bits per heavy atom. The van der Waals surface area contributed by atoms with E-state index in [1.165, 1.54) is 7.11 Å². The highest BCUT2D eigenvalue weighted by molar-refractivity contribution is 7.92. The van der Waals surface area contributed by atoms with E-state index in [0.717, 1.165) is 19.4 Å². The molecule has 2 atom stereocenters. The number of methoxy groups -OCH3 is 1. The van der Waals surface area contributed by atoms with Crippen LogP contribution in [-0.4, -0.2) is 45.1 Å². The molecule has 0 amide bonds. The van der Waals surface area contributed by atoms with E-state index in [2.05, 4.69) is 10.1 Å². The molecule has 0 spiro atoms. The number of esters is 1. The van der Waals surface area contributed by atoms with Gasteiger partial charge in [-0.1, -0.05) is 27.2 Å². The minimum absolute atomic E-state index is 0.0392. The van der Waals surface area contributed by atoms with Crippen LogP contribution < -0.4 is 5.32 Å². The van der Waals surface area contributed by atoms with Crippen molar-refractivity contribution in [3.8, 4) is 0 Å². The van der Waals surface area contributed by atoms with E-state index >= 15 is 0 Å². The first-order valence-corrected chi connectivity index (χ1v) is 8.66. The molecular formula is C13H27NO4S. The second-order valence-corrected chi connectivity index (χ2v) is 6.93. The Hall–Kier alpha value is -0.620. The van der Waals surface area contributed by atoms with Crippen molar-refractivity contribution in [1.82, 2.24) is 5.32 Å². The molecule has 0 radical (unpaired) electrons. The first-order chi connectivity index (χ1) is 8.92. The first-order valence-electron chi connectivity index (χ1n) is 6.94. The zero-order chi connectivity index (χ0) is 14.9. The Balaban J connectivity index is 4.82. The highest BCUT2D eigenvalue weighted by Crippen LogP contribution is 2.17. The van der Waals surface area contributed by atoms with E-state index < -0.39 is 21.1 Å². The lowest BCUT2D eigenvalue weighted by Gasteiger charge is -2.26. The summed E-state index contributed by atoms with van der Waals surface area (Å²) in [5.74, 6) is -0.613. The van der Waals surface area contributed by atoms with Crippen molar-refractivity contribution in [1.29, 1.82) is 0 Å². The molecule has 0 aliphatic rings. The number of sulfone groups is 1. The molecule has 6 heteroatoms. The number of nitrogens with one attached hydrogen (secondary N) is 1. The molecule has 0 heterocycles. The lowest BCUT2D eigenvalue weighted by molar-refractivity contribution is -0.140. The first kappa shape index (κ1) is 18.4. The second kappa shape index (κ2) is 9.31. The summed E-state index contributed by atoms with van der Waals surface area (Å²) in [4.78, 5) is 11.1. The Morgan fingerprint density at radius 1 is 1.26 bits per heavy atom. The summed E-state index contributed by atoms with van der Waals surface area (Å²) >= 11 is 0. The molecule has 0 aromatic heterocycles. The normalized spacial score (nSPS) is 14.9. The lowest BCUT2D eigenvalue weighted by atomic mass is 10.1. The van der Waals surface area contributed by atoms with Crippen LogP contribution in [0.25, 0.3) is 0 Å². The van der Waals surface area contributed by atoms with Crippen LogP contribution in [0, 0.1) is 0 Å². The maximum atomic E-state index is 12.3. The largest absolute Gasteiger partial charge is 0.469 e. The molecule has 2 unspecified atom stereocenters. The highest BCUT2D eigenvalue weighted by atomic mass is 32.2. The number of hydrogen-bond donors (Lipinski definition) is 1. The van der Waals surface area contributed by atoms with E-state index in [1.807, 2.05) is 20.8 Å². The Bertz CT molecular complexity index is 348. The van der Waals surface area contributed by atoms with Gasteiger partial charge in [-0.2, -0.15) is 0 Å². The van der Waals surface area contributed by atoms with Gasteiger partial charge < -0.3 is 10.1 Å². The molecule has 0 aliphatic carbocycles. The minimum atomic E-state index is -3.28. The van der Waals surface area contributed by atoms with Crippen molar-refractivity contribution in [2.24, 2.45) is 0 Å². The lowest BCUT2D eigenvalue weighted by Crippen LogP contribution is -2.44. The summed E-state index contributed by atoms with van der Waals surface area (Å²) in [5, 5.41) is 2.81. The van der Waals surface area contributed by atoms with Crippen LogP contribution >= 0.6 is 0 Å². The van der Waals surface area contributed by atoms with Crippen LogP contribution in [-0.2, 0) is 19.4 Å². The molecule has 0 saturated heterocycles. The number of hydrogen-bond acceptors (Lipinski definition) is 5. The fraction of sp³-hybridized carbons (Fsp3) is 0.923. The van der Waals surface area contributed by atoms with Gasteiger partial charge in [0.25, 0.3) is 0 Å². The predicted octanol–water partition coefficient (Wildman–Crippen LogP) is 1.52. The summed E-state index contributed by atoms with van der Waals surface area (Å²) < 4.78 is 29.1. The van der Waals surface area contributed by atoms with Crippen LogP contribution in [0.3, 0.4) is 0 Å². The topological polar surface area (TPSA) is 72.5 Å². The molecule has 1 N–H and O–H groups in total. The van der Waals surface area contributed by atoms with Gasteiger partial charge in [-0.25, -0.2) is 8.42 Å². The molecule has 0 aliphatic heterocycles. The third-order valence-corrected chi connectivity index (χ3v) is 5.55. The number of carbonyl (C=O) groups is 1.